The van der Waals surface area contributed by atoms with Crippen LogP contribution in [0.2, 0.25) is 0 Å². The molecular formula is C27H32O4. The molecule has 31 heavy (non-hydrogen) atoms. The molecule has 0 aliphatic rings. The third kappa shape index (κ3) is 7.56. The van der Waals surface area contributed by atoms with Crippen molar-refractivity contribution in [3.05, 3.63) is 84.5 Å². The smallest absolute Gasteiger partial charge is 0.338 e. The summed E-state index contributed by atoms with van der Waals surface area (Å²) in [4.78, 5) is 23.9. The van der Waals surface area contributed by atoms with Crippen LogP contribution in [0.5, 0.6) is 11.5 Å². The number of ether oxygens (including phenoxy) is 2. The standard InChI is InChI=1S/C27H32O4/c1-8-24(28)30-22-15-11-21(12-16-22)27(6,7)17-19(2)25(29)31-23-13-9-20(10-14-23)18-26(3,4)5/h8-16H,1-2,17-18H2,3-7H3. The molecule has 0 atom stereocenters. The van der Waals surface area contributed by atoms with Crippen molar-refractivity contribution in [1.82, 2.24) is 0 Å². The largest absolute Gasteiger partial charge is 0.423 e. The molecule has 0 unspecified atom stereocenters. The highest BCUT2D eigenvalue weighted by molar-refractivity contribution is 5.89. The summed E-state index contributed by atoms with van der Waals surface area (Å²) in [5.41, 5.74) is 2.43. The van der Waals surface area contributed by atoms with Crippen molar-refractivity contribution >= 4 is 11.9 Å². The highest BCUT2D eigenvalue weighted by Gasteiger charge is 2.25. The second kappa shape index (κ2) is 9.78. The lowest BCUT2D eigenvalue weighted by Gasteiger charge is -2.26. The third-order valence-corrected chi connectivity index (χ3v) is 4.83. The van der Waals surface area contributed by atoms with E-state index in [1.165, 1.54) is 5.56 Å². The van der Waals surface area contributed by atoms with E-state index in [1.54, 1.807) is 12.1 Å². The fraction of sp³-hybridized carbons (Fsp3) is 0.333. The van der Waals surface area contributed by atoms with Crippen molar-refractivity contribution in [2.45, 2.75) is 52.9 Å². The maximum Gasteiger partial charge on any atom is 0.338 e. The summed E-state index contributed by atoms with van der Waals surface area (Å²) in [6, 6.07) is 14.8. The molecule has 0 aliphatic carbocycles. The van der Waals surface area contributed by atoms with E-state index >= 15 is 0 Å². The van der Waals surface area contributed by atoms with Crippen LogP contribution in [0.1, 0.15) is 52.2 Å². The summed E-state index contributed by atoms with van der Waals surface area (Å²) in [6.07, 6.45) is 2.50. The summed E-state index contributed by atoms with van der Waals surface area (Å²) >= 11 is 0. The topological polar surface area (TPSA) is 52.6 Å². The molecule has 4 nitrogen and oxygen atoms in total. The van der Waals surface area contributed by atoms with Crippen LogP contribution in [0.3, 0.4) is 0 Å². The van der Waals surface area contributed by atoms with Crippen molar-refractivity contribution in [1.29, 1.82) is 0 Å². The van der Waals surface area contributed by atoms with Crippen LogP contribution < -0.4 is 9.47 Å². The Labute approximate surface area is 185 Å². The van der Waals surface area contributed by atoms with Crippen LogP contribution in [0.25, 0.3) is 0 Å². The normalized spacial score (nSPS) is 11.5. The minimum Gasteiger partial charge on any atom is -0.423 e. The molecule has 164 valence electrons. The van der Waals surface area contributed by atoms with E-state index < -0.39 is 11.9 Å². The summed E-state index contributed by atoms with van der Waals surface area (Å²) < 4.78 is 10.6. The van der Waals surface area contributed by atoms with E-state index in [1.807, 2.05) is 50.2 Å². The van der Waals surface area contributed by atoms with Crippen LogP contribution in [-0.2, 0) is 21.4 Å². The fourth-order valence-corrected chi connectivity index (χ4v) is 3.31. The number of benzene rings is 2. The monoisotopic (exact) mass is 420 g/mol. The number of hydrogen-bond acceptors (Lipinski definition) is 4. The minimum absolute atomic E-state index is 0.198. The number of carbonyl (C=O) groups is 2. The lowest BCUT2D eigenvalue weighted by Crippen LogP contribution is -2.22. The number of esters is 2. The van der Waals surface area contributed by atoms with Crippen LogP contribution in [-0.4, -0.2) is 11.9 Å². The Bertz CT molecular complexity index is 942. The molecule has 0 heterocycles. The van der Waals surface area contributed by atoms with Gasteiger partial charge in [0.15, 0.2) is 0 Å². The molecule has 0 aliphatic heterocycles. The molecule has 0 radical (unpaired) electrons. The number of hydrogen-bond donors (Lipinski definition) is 0. The first-order chi connectivity index (χ1) is 14.4. The first-order valence-electron chi connectivity index (χ1n) is 10.3. The molecular weight excluding hydrogens is 388 g/mol. The second-order valence-corrected chi connectivity index (χ2v) is 9.58. The van der Waals surface area contributed by atoms with Gasteiger partial charge in [-0.3, -0.25) is 0 Å². The van der Waals surface area contributed by atoms with E-state index in [-0.39, 0.29) is 10.8 Å². The van der Waals surface area contributed by atoms with Gasteiger partial charge in [-0.2, -0.15) is 0 Å². The Balaban J connectivity index is 1.98. The molecule has 4 heteroatoms. The van der Waals surface area contributed by atoms with Crippen molar-refractivity contribution in [3.8, 4) is 11.5 Å². The average molecular weight is 421 g/mol. The zero-order valence-corrected chi connectivity index (χ0v) is 19.2. The maximum atomic E-state index is 12.6. The predicted molar refractivity (Wildman–Crippen MR) is 124 cm³/mol. The summed E-state index contributed by atoms with van der Waals surface area (Å²) in [5, 5.41) is 0. The van der Waals surface area contributed by atoms with E-state index in [0.717, 1.165) is 18.1 Å². The van der Waals surface area contributed by atoms with E-state index in [2.05, 4.69) is 33.9 Å². The van der Waals surface area contributed by atoms with Crippen molar-refractivity contribution in [2.75, 3.05) is 0 Å². The van der Waals surface area contributed by atoms with Gasteiger partial charge in [0.25, 0.3) is 0 Å². The molecule has 0 aromatic heterocycles. The van der Waals surface area contributed by atoms with Crippen LogP contribution in [0.4, 0.5) is 0 Å². The van der Waals surface area contributed by atoms with Crippen molar-refractivity contribution < 1.29 is 19.1 Å². The van der Waals surface area contributed by atoms with Crippen LogP contribution >= 0.6 is 0 Å². The van der Waals surface area contributed by atoms with Crippen molar-refractivity contribution in [3.63, 3.8) is 0 Å². The molecule has 0 N–H and O–H groups in total. The summed E-state index contributed by atoms with van der Waals surface area (Å²) in [7, 11) is 0. The van der Waals surface area contributed by atoms with E-state index in [4.69, 9.17) is 9.47 Å². The summed E-state index contributed by atoms with van der Waals surface area (Å²) in [5.74, 6) is 0.00958. The lowest BCUT2D eigenvalue weighted by molar-refractivity contribution is -0.130. The molecule has 2 rings (SSSR count). The SMILES string of the molecule is C=CC(=O)Oc1ccc(C(C)(C)CC(=C)C(=O)Oc2ccc(CC(C)(C)C)cc2)cc1. The number of rotatable bonds is 8. The van der Waals surface area contributed by atoms with Gasteiger partial charge in [-0.05, 0) is 59.1 Å². The van der Waals surface area contributed by atoms with Gasteiger partial charge in [0.05, 0.1) is 0 Å². The second-order valence-electron chi connectivity index (χ2n) is 9.58. The molecule has 0 spiro atoms. The Hall–Kier alpha value is -3.14. The van der Waals surface area contributed by atoms with Gasteiger partial charge in [0.2, 0.25) is 0 Å². The Morgan fingerprint density at radius 1 is 0.871 bits per heavy atom. The van der Waals surface area contributed by atoms with E-state index in [0.29, 0.717) is 23.5 Å². The third-order valence-electron chi connectivity index (χ3n) is 4.83. The molecule has 0 amide bonds. The predicted octanol–water partition coefficient (Wildman–Crippen LogP) is 6.20. The number of carbonyl (C=O) groups excluding carboxylic acids is 2. The molecule has 0 saturated heterocycles. The lowest BCUT2D eigenvalue weighted by atomic mass is 9.79. The zero-order valence-electron chi connectivity index (χ0n) is 19.2. The Morgan fingerprint density at radius 2 is 1.39 bits per heavy atom. The minimum atomic E-state index is -0.505. The van der Waals surface area contributed by atoms with Gasteiger partial charge < -0.3 is 9.47 Å². The molecule has 0 fully saturated rings. The van der Waals surface area contributed by atoms with Crippen LogP contribution in [0.15, 0.2) is 73.3 Å². The fourth-order valence-electron chi connectivity index (χ4n) is 3.31. The first-order valence-corrected chi connectivity index (χ1v) is 10.3. The Morgan fingerprint density at radius 3 is 1.90 bits per heavy atom. The van der Waals surface area contributed by atoms with Crippen molar-refractivity contribution in [2.24, 2.45) is 5.41 Å². The van der Waals surface area contributed by atoms with E-state index in [9.17, 15) is 9.59 Å². The van der Waals surface area contributed by atoms with Gasteiger partial charge in [-0.15, -0.1) is 0 Å². The van der Waals surface area contributed by atoms with Gasteiger partial charge >= 0.3 is 11.9 Å². The Kier molecular flexibility index (Phi) is 7.61. The molecule has 2 aromatic carbocycles. The molecule has 0 saturated carbocycles. The quantitative estimate of drug-likeness (QED) is 0.290. The van der Waals surface area contributed by atoms with Gasteiger partial charge in [-0.1, -0.05) is 72.0 Å². The van der Waals surface area contributed by atoms with Gasteiger partial charge in [-0.25, -0.2) is 9.59 Å². The van der Waals surface area contributed by atoms with Crippen LogP contribution in [0, 0.1) is 5.41 Å². The molecule has 2 aromatic rings. The zero-order chi connectivity index (χ0) is 23.2. The molecule has 0 bridgehead atoms. The highest BCUT2D eigenvalue weighted by Crippen LogP contribution is 2.32. The van der Waals surface area contributed by atoms with Gasteiger partial charge in [0, 0.05) is 11.6 Å². The van der Waals surface area contributed by atoms with Gasteiger partial charge in [0.1, 0.15) is 11.5 Å². The maximum absolute atomic E-state index is 12.6. The highest BCUT2D eigenvalue weighted by atomic mass is 16.5. The first kappa shape index (κ1) is 24.1. The average Bonchev–Trinajstić information content (AvgIpc) is 2.68. The summed E-state index contributed by atoms with van der Waals surface area (Å²) in [6.45, 7) is 17.9.